The van der Waals surface area contributed by atoms with Crippen LogP contribution in [0.1, 0.15) is 213 Å². The topological polar surface area (TPSA) is 61.8 Å². The molecule has 0 N–H and O–H groups in total. The lowest BCUT2D eigenvalue weighted by Crippen LogP contribution is -2.30. The first kappa shape index (κ1) is 56.8. The first-order valence-electron chi connectivity index (χ1n) is 24.8. The van der Waals surface area contributed by atoms with Crippen LogP contribution in [0.4, 0.5) is 0 Å². The van der Waals surface area contributed by atoms with E-state index in [0.29, 0.717) is 19.4 Å². The number of ether oxygens (including phenoxy) is 3. The molecule has 60 heavy (non-hydrogen) atoms. The molecule has 0 fully saturated rings. The third-order valence-corrected chi connectivity index (χ3v) is 10.1. The van der Waals surface area contributed by atoms with Gasteiger partial charge < -0.3 is 14.2 Å². The maximum Gasteiger partial charge on any atom is 0.306 e. The summed E-state index contributed by atoms with van der Waals surface area (Å²) < 4.78 is 17.2. The minimum atomic E-state index is -0.551. The predicted octanol–water partition coefficient (Wildman–Crippen LogP) is 16.7. The highest BCUT2D eigenvalue weighted by atomic mass is 16.6. The standard InChI is InChI=1S/C55H92O5/c1-4-7-10-13-16-18-20-22-24-26-28-30-32-34-36-38-40-42-45-48-54(56)59-52-53(51-58-50-47-44-15-12-9-6-3)60-55(57)49-46-43-41-39-37-35-33-31-29-27-25-23-21-19-17-14-11-8-5-2/h7-8,10-11,16-19,22-25,28-31,53H,4-6,9,12-15,20-21,26-27,32-52H2,1-3H3/b10-7-,11-8-,18-16-,19-17-,24-22-,25-23-,30-28-,31-29-. The van der Waals surface area contributed by atoms with Crippen molar-refractivity contribution in [3.8, 4) is 0 Å². The van der Waals surface area contributed by atoms with Gasteiger partial charge in [-0.1, -0.05) is 201 Å². The minimum Gasteiger partial charge on any atom is -0.462 e. The second kappa shape index (κ2) is 50.2. The average molecular weight is 833 g/mol. The molecule has 1 atom stereocenters. The zero-order chi connectivity index (χ0) is 43.5. The Balaban J connectivity index is 4.16. The molecule has 0 bridgehead atoms. The fourth-order valence-corrected chi connectivity index (χ4v) is 6.49. The van der Waals surface area contributed by atoms with Gasteiger partial charge in [-0.3, -0.25) is 9.59 Å². The summed E-state index contributed by atoms with van der Waals surface area (Å²) in [6, 6.07) is 0. The summed E-state index contributed by atoms with van der Waals surface area (Å²) in [6.45, 7) is 7.53. The Bertz CT molecular complexity index is 1170. The van der Waals surface area contributed by atoms with Gasteiger partial charge in [-0.25, -0.2) is 0 Å². The van der Waals surface area contributed by atoms with Gasteiger partial charge in [0.2, 0.25) is 0 Å². The summed E-state index contributed by atoms with van der Waals surface area (Å²) in [4.78, 5) is 25.3. The van der Waals surface area contributed by atoms with Gasteiger partial charge in [-0.05, 0) is 96.3 Å². The van der Waals surface area contributed by atoms with E-state index in [-0.39, 0.29) is 25.2 Å². The molecule has 1 unspecified atom stereocenters. The van der Waals surface area contributed by atoms with Crippen LogP contribution < -0.4 is 0 Å². The lowest BCUT2D eigenvalue weighted by Gasteiger charge is -2.18. The van der Waals surface area contributed by atoms with Gasteiger partial charge in [0.1, 0.15) is 6.61 Å². The number of hydrogen-bond acceptors (Lipinski definition) is 5. The molecule has 0 rings (SSSR count). The van der Waals surface area contributed by atoms with Crippen molar-refractivity contribution in [2.45, 2.75) is 219 Å². The fourth-order valence-electron chi connectivity index (χ4n) is 6.49. The van der Waals surface area contributed by atoms with Crippen LogP contribution in [-0.4, -0.2) is 37.9 Å². The van der Waals surface area contributed by atoms with E-state index in [1.807, 2.05) is 0 Å². The lowest BCUT2D eigenvalue weighted by molar-refractivity contribution is -0.163. The molecule has 0 heterocycles. The molecule has 0 saturated heterocycles. The Kier molecular flexibility index (Phi) is 47.5. The third kappa shape index (κ3) is 47.5. The van der Waals surface area contributed by atoms with Crippen molar-refractivity contribution in [2.75, 3.05) is 19.8 Å². The van der Waals surface area contributed by atoms with Crippen LogP contribution in [0, 0.1) is 0 Å². The summed E-state index contributed by atoms with van der Waals surface area (Å²) in [5, 5.41) is 0. The molecular formula is C55H92O5. The molecule has 5 nitrogen and oxygen atoms in total. The quantitative estimate of drug-likeness (QED) is 0.0348. The van der Waals surface area contributed by atoms with Gasteiger partial charge in [0.25, 0.3) is 0 Å². The molecule has 0 aromatic carbocycles. The minimum absolute atomic E-state index is 0.0671. The normalized spacial score (nSPS) is 13.1. The molecule has 0 aliphatic heterocycles. The third-order valence-electron chi connectivity index (χ3n) is 10.1. The van der Waals surface area contributed by atoms with Crippen LogP contribution in [0.3, 0.4) is 0 Å². The summed E-state index contributed by atoms with van der Waals surface area (Å²) >= 11 is 0. The van der Waals surface area contributed by atoms with E-state index >= 15 is 0 Å². The summed E-state index contributed by atoms with van der Waals surface area (Å²) in [7, 11) is 0. The van der Waals surface area contributed by atoms with Crippen LogP contribution in [0.2, 0.25) is 0 Å². The molecule has 0 amide bonds. The van der Waals surface area contributed by atoms with Crippen molar-refractivity contribution in [3.05, 3.63) is 97.2 Å². The monoisotopic (exact) mass is 833 g/mol. The SMILES string of the molecule is CC/C=C\C/C=C\C/C=C\C/C=C\CCCCCCCCC(=O)OCC(COCCCCCCCC)OC(=O)CCCCCCCC/C=C\C/C=C\C/C=C\C/C=C\CC. The van der Waals surface area contributed by atoms with E-state index in [1.54, 1.807) is 0 Å². The van der Waals surface area contributed by atoms with E-state index < -0.39 is 6.10 Å². The van der Waals surface area contributed by atoms with Gasteiger partial charge in [0.05, 0.1) is 6.61 Å². The van der Waals surface area contributed by atoms with Gasteiger partial charge in [-0.2, -0.15) is 0 Å². The highest BCUT2D eigenvalue weighted by Crippen LogP contribution is 2.13. The zero-order valence-electron chi connectivity index (χ0n) is 39.2. The maximum atomic E-state index is 12.7. The number of carbonyl (C=O) groups is 2. The molecule has 0 aliphatic rings. The first-order valence-corrected chi connectivity index (χ1v) is 24.8. The Morgan fingerprint density at radius 1 is 0.383 bits per heavy atom. The first-order chi connectivity index (χ1) is 29.6. The van der Waals surface area contributed by atoms with E-state index in [2.05, 4.69) is 118 Å². The Labute approximate surface area is 371 Å². The highest BCUT2D eigenvalue weighted by Gasteiger charge is 2.17. The van der Waals surface area contributed by atoms with Crippen LogP contribution in [0.15, 0.2) is 97.2 Å². The maximum absolute atomic E-state index is 12.7. The Morgan fingerprint density at radius 2 is 0.750 bits per heavy atom. The van der Waals surface area contributed by atoms with Crippen LogP contribution in [0.25, 0.3) is 0 Å². The van der Waals surface area contributed by atoms with Crippen molar-refractivity contribution in [1.82, 2.24) is 0 Å². The van der Waals surface area contributed by atoms with Crippen molar-refractivity contribution >= 4 is 11.9 Å². The van der Waals surface area contributed by atoms with E-state index in [4.69, 9.17) is 14.2 Å². The highest BCUT2D eigenvalue weighted by molar-refractivity contribution is 5.70. The second-order valence-electron chi connectivity index (χ2n) is 16.0. The number of allylic oxidation sites excluding steroid dienone is 16. The summed E-state index contributed by atoms with van der Waals surface area (Å²) in [5.41, 5.74) is 0. The van der Waals surface area contributed by atoms with Crippen LogP contribution in [-0.2, 0) is 23.8 Å². The van der Waals surface area contributed by atoms with Crippen molar-refractivity contribution in [1.29, 1.82) is 0 Å². The number of rotatable bonds is 44. The molecule has 342 valence electrons. The lowest BCUT2D eigenvalue weighted by atomic mass is 10.1. The van der Waals surface area contributed by atoms with Crippen molar-refractivity contribution in [2.24, 2.45) is 0 Å². The number of unbranched alkanes of at least 4 members (excludes halogenated alkanes) is 17. The molecule has 0 aromatic rings. The van der Waals surface area contributed by atoms with Crippen LogP contribution >= 0.6 is 0 Å². The van der Waals surface area contributed by atoms with E-state index in [9.17, 15) is 9.59 Å². The average Bonchev–Trinajstić information content (AvgIpc) is 3.25. The second-order valence-corrected chi connectivity index (χ2v) is 16.0. The van der Waals surface area contributed by atoms with E-state index in [0.717, 1.165) is 116 Å². The molecular weight excluding hydrogens is 741 g/mol. The van der Waals surface area contributed by atoms with E-state index in [1.165, 1.54) is 64.2 Å². The summed E-state index contributed by atoms with van der Waals surface area (Å²) in [5.74, 6) is -0.436. The molecule has 0 saturated carbocycles. The largest absolute Gasteiger partial charge is 0.462 e. The van der Waals surface area contributed by atoms with Gasteiger partial charge >= 0.3 is 11.9 Å². The van der Waals surface area contributed by atoms with Gasteiger partial charge in [0, 0.05) is 19.4 Å². The zero-order valence-corrected chi connectivity index (χ0v) is 39.2. The Hall–Kier alpha value is -3.18. The number of hydrogen-bond donors (Lipinski definition) is 0. The molecule has 0 spiro atoms. The molecule has 0 radical (unpaired) electrons. The summed E-state index contributed by atoms with van der Waals surface area (Å²) in [6.07, 6.45) is 67.1. The number of carbonyl (C=O) groups excluding carboxylic acids is 2. The molecule has 5 heteroatoms. The molecule has 0 aliphatic carbocycles. The predicted molar refractivity (Wildman–Crippen MR) is 260 cm³/mol. The van der Waals surface area contributed by atoms with Crippen LogP contribution in [0.5, 0.6) is 0 Å². The number of esters is 2. The fraction of sp³-hybridized carbons (Fsp3) is 0.673. The van der Waals surface area contributed by atoms with Crippen molar-refractivity contribution < 1.29 is 23.8 Å². The van der Waals surface area contributed by atoms with Gasteiger partial charge in [0.15, 0.2) is 6.10 Å². The van der Waals surface area contributed by atoms with Gasteiger partial charge in [-0.15, -0.1) is 0 Å². The Morgan fingerprint density at radius 3 is 1.20 bits per heavy atom. The smallest absolute Gasteiger partial charge is 0.306 e. The van der Waals surface area contributed by atoms with Crippen molar-refractivity contribution in [3.63, 3.8) is 0 Å². The molecule has 0 aromatic heterocycles.